The zero-order valence-corrected chi connectivity index (χ0v) is 15.3. The first kappa shape index (κ1) is 17.2. The van der Waals surface area contributed by atoms with Gasteiger partial charge in [0.25, 0.3) is 0 Å². The van der Waals surface area contributed by atoms with Crippen molar-refractivity contribution in [3.05, 3.63) is 23.1 Å². The Balaban J connectivity index is 0.000000581. The van der Waals surface area contributed by atoms with Crippen LogP contribution in [0.4, 0.5) is 0 Å². The molecule has 2 aromatic rings. The first-order valence-corrected chi connectivity index (χ1v) is 9.65. The van der Waals surface area contributed by atoms with Crippen LogP contribution in [0.2, 0.25) is 0 Å². The van der Waals surface area contributed by atoms with Crippen molar-refractivity contribution in [2.45, 2.75) is 27.7 Å². The molecule has 0 unspecified atom stereocenters. The van der Waals surface area contributed by atoms with E-state index in [9.17, 15) is 0 Å². The maximum Gasteiger partial charge on any atom is 0.319 e. The van der Waals surface area contributed by atoms with Crippen LogP contribution in [-0.4, -0.2) is 8.96 Å². The predicted molar refractivity (Wildman–Crippen MR) is 88.3 cm³/mol. The molecule has 3 nitrogen and oxygen atoms in total. The summed E-state index contributed by atoms with van der Waals surface area (Å²) in [5.41, 5.74) is 2.11. The summed E-state index contributed by atoms with van der Waals surface area (Å²) in [6, 6.07) is 2.01. The number of halogens is 2. The van der Waals surface area contributed by atoms with Crippen LogP contribution < -0.4 is 4.57 Å². The van der Waals surface area contributed by atoms with E-state index in [0.29, 0.717) is 0 Å². The van der Waals surface area contributed by atoms with Crippen LogP contribution in [-0.2, 0) is 7.05 Å². The number of nitrogens with zero attached hydrogens (tertiary/aromatic N) is 3. The minimum atomic E-state index is 0.860. The largest absolute Gasteiger partial charge is 0.319 e. The Morgan fingerprint density at radius 3 is 2.47 bits per heavy atom. The number of aryl methyl sites for hydroxylation is 1. The molecule has 0 fully saturated rings. The maximum absolute atomic E-state index is 4.36. The Bertz CT molecular complexity index is 459. The molecule has 0 aliphatic heterocycles. The molecule has 2 heterocycles. The summed E-state index contributed by atoms with van der Waals surface area (Å²) in [6.07, 6.45) is 3.97. The molecule has 6 heteroatoms. The first-order chi connectivity index (χ1) is 8.22. The smallest absolute Gasteiger partial charge is 0.231 e. The van der Waals surface area contributed by atoms with Gasteiger partial charge >= 0.3 is 5.65 Å². The molecule has 0 aromatic carbocycles. The lowest BCUT2D eigenvalue weighted by Gasteiger charge is -1.95. The molecule has 17 heavy (non-hydrogen) atoms. The summed E-state index contributed by atoms with van der Waals surface area (Å²) >= 11 is 5.61. The Morgan fingerprint density at radius 1 is 1.35 bits per heavy atom. The monoisotopic (exact) mass is 430 g/mol. The van der Waals surface area contributed by atoms with E-state index in [-0.39, 0.29) is 0 Å². The van der Waals surface area contributed by atoms with E-state index in [4.69, 9.17) is 0 Å². The zero-order chi connectivity index (χ0) is 13.4. The molecule has 2 rings (SSSR count). The molecule has 0 radical (unpaired) electrons. The molecule has 0 N–H and O–H groups in total. The number of hydrogen-bond acceptors (Lipinski definition) is 2. The molecule has 0 atom stereocenters. The van der Waals surface area contributed by atoms with Gasteiger partial charge in [0.05, 0.1) is 28.3 Å². The lowest BCUT2D eigenvalue weighted by Crippen LogP contribution is -2.30. The first-order valence-electron chi connectivity index (χ1n) is 5.54. The van der Waals surface area contributed by atoms with Gasteiger partial charge in [-0.25, -0.2) is 9.55 Å². The zero-order valence-electron chi connectivity index (χ0n) is 10.7. The third-order valence-electron chi connectivity index (χ3n) is 1.74. The van der Waals surface area contributed by atoms with E-state index >= 15 is 0 Å². The highest BCUT2D eigenvalue weighted by atomic mass is 127. The maximum atomic E-state index is 4.36. The summed E-state index contributed by atoms with van der Waals surface area (Å²) in [4.78, 5) is 4.36. The van der Waals surface area contributed by atoms with E-state index in [1.807, 2.05) is 53.2 Å². The highest BCUT2D eigenvalue weighted by Crippen LogP contribution is 2.21. The molecule has 0 aliphatic carbocycles. The van der Waals surface area contributed by atoms with Crippen LogP contribution >= 0.6 is 46.3 Å². The van der Waals surface area contributed by atoms with Gasteiger partial charge in [-0.3, -0.25) is 0 Å². The Morgan fingerprint density at radius 2 is 1.94 bits per heavy atom. The van der Waals surface area contributed by atoms with Gasteiger partial charge in [0, 0.05) is 6.07 Å². The van der Waals surface area contributed by atoms with Crippen molar-refractivity contribution in [3.8, 4) is 0 Å². The van der Waals surface area contributed by atoms with E-state index in [2.05, 4.69) is 50.7 Å². The highest BCUT2D eigenvalue weighted by Gasteiger charge is 2.14. The second-order valence-corrected chi connectivity index (χ2v) is 5.12. The van der Waals surface area contributed by atoms with Gasteiger partial charge in [0.2, 0.25) is 0 Å². The normalized spacial score (nSPS) is 9.12. The second kappa shape index (κ2) is 9.16. The van der Waals surface area contributed by atoms with Crippen molar-refractivity contribution in [1.29, 1.82) is 0 Å². The molecule has 96 valence electrons. The van der Waals surface area contributed by atoms with Crippen LogP contribution in [0.25, 0.3) is 11.2 Å². The van der Waals surface area contributed by atoms with Crippen LogP contribution in [0.3, 0.4) is 0 Å². The van der Waals surface area contributed by atoms with Crippen LogP contribution in [0.5, 0.6) is 0 Å². The SMILES string of the molecule is CC.CC.C[n+]1cc(Br)nc2ccn(SI)c21. The van der Waals surface area contributed by atoms with Gasteiger partial charge in [-0.2, -0.15) is 3.97 Å². The predicted octanol–water partition coefficient (Wildman–Crippen LogP) is 4.52. The van der Waals surface area contributed by atoms with Crippen molar-refractivity contribution in [3.63, 3.8) is 0 Å². The highest BCUT2D eigenvalue weighted by molar-refractivity contribution is 14.2. The van der Waals surface area contributed by atoms with Crippen molar-refractivity contribution in [2.24, 2.45) is 7.05 Å². The third kappa shape index (κ3) is 4.40. The lowest BCUT2D eigenvalue weighted by molar-refractivity contribution is -0.648. The van der Waals surface area contributed by atoms with E-state index in [1.165, 1.54) is 0 Å². The molecule has 0 amide bonds. The van der Waals surface area contributed by atoms with Gasteiger partial charge in [-0.1, -0.05) is 27.7 Å². The molecule has 0 bridgehead atoms. The average molecular weight is 431 g/mol. The van der Waals surface area contributed by atoms with Crippen molar-refractivity contribution in [2.75, 3.05) is 0 Å². The van der Waals surface area contributed by atoms with E-state index in [0.717, 1.165) is 15.8 Å². The fourth-order valence-corrected chi connectivity index (χ4v) is 3.09. The van der Waals surface area contributed by atoms with E-state index < -0.39 is 0 Å². The quantitative estimate of drug-likeness (QED) is 0.490. The number of fused-ring (bicyclic) bond motifs is 1. The summed E-state index contributed by atoms with van der Waals surface area (Å²) in [7, 11) is 3.65. The van der Waals surface area contributed by atoms with Gasteiger partial charge in [-0.15, -0.1) is 0 Å². The number of hydrogen-bond donors (Lipinski definition) is 0. The molecular weight excluding hydrogens is 413 g/mol. The van der Waals surface area contributed by atoms with Gasteiger partial charge in [-0.05, 0) is 15.9 Å². The van der Waals surface area contributed by atoms with Crippen molar-refractivity contribution in [1.82, 2.24) is 8.96 Å². The molecule has 2 aromatic heterocycles. The van der Waals surface area contributed by atoms with Gasteiger partial charge < -0.3 is 0 Å². The molecular formula is C11H18BrIN3S+. The van der Waals surface area contributed by atoms with Crippen LogP contribution in [0.15, 0.2) is 23.1 Å². The summed E-state index contributed by atoms with van der Waals surface area (Å²) < 4.78 is 4.99. The molecule has 0 saturated heterocycles. The van der Waals surface area contributed by atoms with Gasteiger partial charge in [0.1, 0.15) is 26.1 Å². The Labute approximate surface area is 128 Å². The lowest BCUT2D eigenvalue weighted by atomic mass is 10.5. The number of aromatic nitrogens is 3. The Kier molecular flexibility index (Phi) is 9.25. The van der Waals surface area contributed by atoms with Crippen molar-refractivity contribution < 1.29 is 4.57 Å². The summed E-state index contributed by atoms with van der Waals surface area (Å²) in [5.74, 6) is 0. The van der Waals surface area contributed by atoms with Crippen molar-refractivity contribution >= 4 is 57.4 Å². The van der Waals surface area contributed by atoms with Crippen LogP contribution in [0, 0.1) is 0 Å². The Hall–Kier alpha value is 0.180. The fourth-order valence-electron chi connectivity index (χ4n) is 1.24. The van der Waals surface area contributed by atoms with E-state index in [1.54, 1.807) is 9.12 Å². The minimum Gasteiger partial charge on any atom is -0.231 e. The second-order valence-electron chi connectivity index (χ2n) is 2.59. The third-order valence-corrected chi connectivity index (χ3v) is 3.84. The average Bonchev–Trinajstić information content (AvgIpc) is 2.77. The summed E-state index contributed by atoms with van der Waals surface area (Å²) in [6.45, 7) is 8.00. The topological polar surface area (TPSA) is 21.7 Å². The molecule has 0 spiro atoms. The fraction of sp³-hybridized carbons (Fsp3) is 0.455. The molecule has 0 aliphatic rings. The summed E-state index contributed by atoms with van der Waals surface area (Å²) in [5, 5.41) is 0. The molecule has 0 saturated carbocycles. The minimum absolute atomic E-state index is 0.860. The number of rotatable bonds is 1. The standard InChI is InChI=1S/C7H6BrIN3S.2C2H6/c1-11-4-6(8)10-5-2-3-12(13-9)7(5)11;2*1-2/h2-4H,1H3;2*1-2H3/q+1;;. The van der Waals surface area contributed by atoms with Gasteiger partial charge in [0.15, 0.2) is 5.52 Å². The van der Waals surface area contributed by atoms with Crippen LogP contribution in [0.1, 0.15) is 27.7 Å².